The van der Waals surface area contributed by atoms with E-state index in [-0.39, 0.29) is 17.1 Å². The first-order valence-electron chi connectivity index (χ1n) is 16.0. The molecule has 3 fully saturated rings. The average molecular weight is 604 g/mol. The van der Waals surface area contributed by atoms with Crippen molar-refractivity contribution in [2.24, 2.45) is 11.8 Å². The Morgan fingerprint density at radius 1 is 0.953 bits per heavy atom. The standard InChI is InChI=1S/C35H45N3O4S/c1-24-19-29(13-18-34(24)42-2)26-9-7-25(8-10-26)22-37(35(39)27-11-16-33(17-12-27)43(3,40)41)32-6-4-5-28(20-32)30-21-36-38(23-30)31-14-15-31/h4-6,13,18-21,23,25-27,31,33H,7-12,14-17,22H2,1-3H3. The summed E-state index contributed by atoms with van der Waals surface area (Å²) < 4.78 is 31.9. The van der Waals surface area contributed by atoms with Gasteiger partial charge in [-0.25, -0.2) is 8.42 Å². The van der Waals surface area contributed by atoms with Crippen LogP contribution in [0.4, 0.5) is 5.69 Å². The van der Waals surface area contributed by atoms with Crippen molar-refractivity contribution in [1.82, 2.24) is 9.78 Å². The molecule has 8 heteroatoms. The highest BCUT2D eigenvalue weighted by atomic mass is 32.2. The van der Waals surface area contributed by atoms with Gasteiger partial charge < -0.3 is 9.64 Å². The van der Waals surface area contributed by atoms with Crippen LogP contribution in [0.3, 0.4) is 0 Å². The van der Waals surface area contributed by atoms with Crippen molar-refractivity contribution in [3.8, 4) is 16.9 Å². The summed E-state index contributed by atoms with van der Waals surface area (Å²) in [6.07, 6.45) is 14.5. The van der Waals surface area contributed by atoms with Crippen LogP contribution in [0.5, 0.6) is 5.75 Å². The van der Waals surface area contributed by atoms with E-state index in [0.29, 0.717) is 50.1 Å². The van der Waals surface area contributed by atoms with Crippen molar-refractivity contribution >= 4 is 21.4 Å². The van der Waals surface area contributed by atoms with Crippen LogP contribution < -0.4 is 9.64 Å². The van der Waals surface area contributed by atoms with Gasteiger partial charge in [0.1, 0.15) is 15.6 Å². The van der Waals surface area contributed by atoms with Crippen LogP contribution in [0.2, 0.25) is 0 Å². The van der Waals surface area contributed by atoms with E-state index in [1.807, 2.05) is 17.2 Å². The third-order valence-electron chi connectivity index (χ3n) is 10.1. The molecule has 0 saturated heterocycles. The summed E-state index contributed by atoms with van der Waals surface area (Å²) in [7, 11) is -1.36. The van der Waals surface area contributed by atoms with Crippen molar-refractivity contribution in [2.45, 2.75) is 88.3 Å². The van der Waals surface area contributed by atoms with Crippen LogP contribution in [0.1, 0.15) is 87.3 Å². The predicted octanol–water partition coefficient (Wildman–Crippen LogP) is 7.11. The summed E-state index contributed by atoms with van der Waals surface area (Å²) in [5.74, 6) is 1.89. The van der Waals surface area contributed by atoms with Crippen LogP contribution in [-0.4, -0.2) is 49.3 Å². The topological polar surface area (TPSA) is 81.5 Å². The molecule has 43 heavy (non-hydrogen) atoms. The number of rotatable bonds is 9. The van der Waals surface area contributed by atoms with E-state index in [1.165, 1.54) is 30.2 Å². The number of nitrogens with zero attached hydrogens (tertiary/aromatic N) is 3. The third kappa shape index (κ3) is 6.84. The fourth-order valence-electron chi connectivity index (χ4n) is 7.25. The second-order valence-electron chi connectivity index (χ2n) is 13.2. The number of carbonyl (C=O) groups is 1. The number of benzene rings is 2. The molecule has 1 aromatic heterocycles. The number of hydrogen-bond acceptors (Lipinski definition) is 5. The Labute approximate surface area is 256 Å². The minimum Gasteiger partial charge on any atom is -0.496 e. The van der Waals surface area contributed by atoms with E-state index in [0.717, 1.165) is 48.2 Å². The summed E-state index contributed by atoms with van der Waals surface area (Å²) >= 11 is 0. The largest absolute Gasteiger partial charge is 0.496 e. The lowest BCUT2D eigenvalue weighted by Gasteiger charge is -2.36. The number of hydrogen-bond donors (Lipinski definition) is 0. The maximum absolute atomic E-state index is 14.2. The number of anilines is 1. The SMILES string of the molecule is COc1ccc(C2CCC(CN(C(=O)C3CCC(S(C)(=O)=O)CC3)c3cccc(-c4cnn(C5CC5)c4)c3)CC2)cc1C. The molecule has 2 aromatic carbocycles. The Kier molecular flexibility index (Phi) is 8.67. The lowest BCUT2D eigenvalue weighted by Crippen LogP contribution is -2.42. The molecule has 3 aromatic rings. The summed E-state index contributed by atoms with van der Waals surface area (Å²) in [5, 5.41) is 4.26. The molecule has 0 spiro atoms. The van der Waals surface area contributed by atoms with Crippen LogP contribution >= 0.6 is 0 Å². The molecule has 1 amide bonds. The molecule has 0 atom stereocenters. The van der Waals surface area contributed by atoms with E-state index in [4.69, 9.17) is 4.74 Å². The van der Waals surface area contributed by atoms with Gasteiger partial charge in [-0.3, -0.25) is 9.48 Å². The van der Waals surface area contributed by atoms with Crippen molar-refractivity contribution in [3.05, 3.63) is 66.0 Å². The zero-order valence-electron chi connectivity index (χ0n) is 25.7. The summed E-state index contributed by atoms with van der Waals surface area (Å²) in [4.78, 5) is 16.2. The van der Waals surface area contributed by atoms with Crippen molar-refractivity contribution < 1.29 is 17.9 Å². The molecule has 1 heterocycles. The molecule has 0 unspecified atom stereocenters. The highest BCUT2D eigenvalue weighted by molar-refractivity contribution is 7.91. The van der Waals surface area contributed by atoms with E-state index >= 15 is 0 Å². The molecule has 7 nitrogen and oxygen atoms in total. The van der Waals surface area contributed by atoms with Gasteiger partial charge in [0.2, 0.25) is 5.91 Å². The third-order valence-corrected chi connectivity index (χ3v) is 11.8. The second-order valence-corrected chi connectivity index (χ2v) is 15.5. The number of methoxy groups -OCH3 is 1. The van der Waals surface area contributed by atoms with Gasteiger partial charge in [0.25, 0.3) is 0 Å². The number of amides is 1. The Balaban J connectivity index is 1.19. The Hall–Kier alpha value is -3.13. The summed E-state index contributed by atoms with van der Waals surface area (Å²) in [5.41, 5.74) is 5.63. The van der Waals surface area contributed by atoms with Gasteiger partial charge in [-0.2, -0.15) is 5.10 Å². The van der Waals surface area contributed by atoms with Gasteiger partial charge in [0, 0.05) is 36.2 Å². The van der Waals surface area contributed by atoms with Gasteiger partial charge in [-0.15, -0.1) is 0 Å². The first kappa shape index (κ1) is 29.9. The minimum absolute atomic E-state index is 0.141. The molecular weight excluding hydrogens is 558 g/mol. The number of sulfone groups is 1. The second kappa shape index (κ2) is 12.5. The summed E-state index contributed by atoms with van der Waals surface area (Å²) in [6, 6.07) is 15.4. The normalized spacial score (nSPS) is 24.4. The van der Waals surface area contributed by atoms with Crippen LogP contribution in [0.15, 0.2) is 54.9 Å². The zero-order chi connectivity index (χ0) is 30.1. The Morgan fingerprint density at radius 3 is 2.35 bits per heavy atom. The molecule has 0 radical (unpaired) electrons. The fourth-order valence-corrected chi connectivity index (χ4v) is 8.38. The first-order valence-corrected chi connectivity index (χ1v) is 17.9. The van der Waals surface area contributed by atoms with Crippen molar-refractivity contribution in [3.63, 3.8) is 0 Å². The molecule has 6 rings (SSSR count). The monoisotopic (exact) mass is 603 g/mol. The molecule has 0 aliphatic heterocycles. The molecule has 0 bridgehead atoms. The maximum Gasteiger partial charge on any atom is 0.230 e. The van der Waals surface area contributed by atoms with Gasteiger partial charge >= 0.3 is 0 Å². The van der Waals surface area contributed by atoms with E-state index in [1.54, 1.807) is 7.11 Å². The Bertz CT molecular complexity index is 1540. The lowest BCUT2D eigenvalue weighted by molar-refractivity contribution is -0.123. The van der Waals surface area contributed by atoms with Gasteiger partial charge in [0.05, 0.1) is 24.6 Å². The zero-order valence-corrected chi connectivity index (χ0v) is 26.6. The maximum atomic E-state index is 14.2. The van der Waals surface area contributed by atoms with Crippen LogP contribution in [-0.2, 0) is 14.6 Å². The van der Waals surface area contributed by atoms with E-state index in [9.17, 15) is 13.2 Å². The van der Waals surface area contributed by atoms with E-state index < -0.39 is 9.84 Å². The molecule has 3 aliphatic carbocycles. The molecule has 3 saturated carbocycles. The smallest absolute Gasteiger partial charge is 0.230 e. The Morgan fingerprint density at radius 2 is 1.70 bits per heavy atom. The van der Waals surface area contributed by atoms with Crippen LogP contribution in [0, 0.1) is 18.8 Å². The highest BCUT2D eigenvalue weighted by Gasteiger charge is 2.35. The lowest BCUT2D eigenvalue weighted by atomic mass is 9.78. The first-order chi connectivity index (χ1) is 20.7. The number of ether oxygens (including phenoxy) is 1. The van der Waals surface area contributed by atoms with Gasteiger partial charge in [-0.1, -0.05) is 24.3 Å². The van der Waals surface area contributed by atoms with Crippen molar-refractivity contribution in [2.75, 3.05) is 24.8 Å². The summed E-state index contributed by atoms with van der Waals surface area (Å²) in [6.45, 7) is 2.80. The average Bonchev–Trinajstić information content (AvgIpc) is 3.75. The molecule has 3 aliphatic rings. The molecular formula is C35H45N3O4S. The number of aromatic nitrogens is 2. The number of carbonyl (C=O) groups excluding carboxylic acids is 1. The minimum atomic E-state index is -3.08. The van der Waals surface area contributed by atoms with Crippen molar-refractivity contribution in [1.29, 1.82) is 0 Å². The number of aryl methyl sites for hydroxylation is 1. The highest BCUT2D eigenvalue weighted by Crippen LogP contribution is 2.40. The van der Waals surface area contributed by atoms with E-state index in [2.05, 4.69) is 59.3 Å². The molecule has 0 N–H and O–H groups in total. The van der Waals surface area contributed by atoms with Gasteiger partial charge in [0.15, 0.2) is 0 Å². The van der Waals surface area contributed by atoms with Crippen LogP contribution in [0.25, 0.3) is 11.1 Å². The quantitative estimate of drug-likeness (QED) is 0.260. The fraction of sp³-hybridized carbons (Fsp3) is 0.543. The molecule has 230 valence electrons. The predicted molar refractivity (Wildman–Crippen MR) is 171 cm³/mol. The van der Waals surface area contributed by atoms with Gasteiger partial charge in [-0.05, 0) is 118 Å².